The summed E-state index contributed by atoms with van der Waals surface area (Å²) in [6.45, 7) is 5.77. The van der Waals surface area contributed by atoms with Crippen LogP contribution in [0.5, 0.6) is 0 Å². The van der Waals surface area contributed by atoms with Crippen LogP contribution in [0.2, 0.25) is 0 Å². The van der Waals surface area contributed by atoms with Crippen molar-refractivity contribution < 1.29 is 27.4 Å². The first-order valence-electron chi connectivity index (χ1n) is 12.3. The number of nitriles is 1. The lowest BCUT2D eigenvalue weighted by atomic mass is 10.0. The van der Waals surface area contributed by atoms with Gasteiger partial charge in [-0.2, -0.15) is 23.5 Å². The minimum atomic E-state index is -4.78. The van der Waals surface area contributed by atoms with Gasteiger partial charge in [-0.15, -0.1) is 0 Å². The zero-order valence-corrected chi connectivity index (χ0v) is 21.0. The number of hydrogen-bond donors (Lipinski definition) is 2. The van der Waals surface area contributed by atoms with Gasteiger partial charge in [0, 0.05) is 45.5 Å². The van der Waals surface area contributed by atoms with Crippen molar-refractivity contribution in [2.45, 2.75) is 31.3 Å². The number of carbonyl (C=O) groups excluding carboxylic acids is 1. The maximum Gasteiger partial charge on any atom is 0.423 e. The fourth-order valence-corrected chi connectivity index (χ4v) is 4.59. The molecule has 0 aliphatic carbocycles. The van der Waals surface area contributed by atoms with Crippen molar-refractivity contribution in [2.24, 2.45) is 0 Å². The normalized spacial score (nSPS) is 22.4. The molecule has 2 saturated heterocycles. The average Bonchev–Trinajstić information content (AvgIpc) is 2.86. The number of amides is 1. The minimum Gasteiger partial charge on any atom is -0.379 e. The van der Waals surface area contributed by atoms with E-state index < -0.39 is 23.0 Å². The molecule has 3 aliphatic rings. The summed E-state index contributed by atoms with van der Waals surface area (Å²) in [4.78, 5) is 29.6. The number of nitrogens with zero attached hydrogens (tertiary/aromatic N) is 5. The summed E-state index contributed by atoms with van der Waals surface area (Å²) >= 11 is 0. The molecule has 1 unspecified atom stereocenters. The zero-order valence-electron chi connectivity index (χ0n) is 21.0. The van der Waals surface area contributed by atoms with E-state index in [4.69, 9.17) is 14.7 Å². The third kappa shape index (κ3) is 6.35. The number of aromatic amines is 1. The second-order valence-corrected chi connectivity index (χ2v) is 9.42. The van der Waals surface area contributed by atoms with Gasteiger partial charge in [-0.3, -0.25) is 14.5 Å². The average molecular weight is 538 g/mol. The number of carbonyl (C=O) groups is 1. The van der Waals surface area contributed by atoms with Crippen LogP contribution >= 0.6 is 0 Å². The summed E-state index contributed by atoms with van der Waals surface area (Å²) in [6.07, 6.45) is 1.63. The van der Waals surface area contributed by atoms with Gasteiger partial charge in [-0.25, -0.2) is 5.10 Å². The quantitative estimate of drug-likeness (QED) is 0.441. The van der Waals surface area contributed by atoms with Gasteiger partial charge >= 0.3 is 6.18 Å². The van der Waals surface area contributed by atoms with Crippen LogP contribution in [0.15, 0.2) is 34.9 Å². The van der Waals surface area contributed by atoms with E-state index in [1.165, 1.54) is 4.90 Å². The molecule has 1 aromatic heterocycles. The highest BCUT2D eigenvalue weighted by Gasteiger charge is 2.41. The number of aromatic nitrogens is 2. The lowest BCUT2D eigenvalue weighted by molar-refractivity contribution is -0.138. The molecule has 1 aromatic rings. The lowest BCUT2D eigenvalue weighted by Gasteiger charge is -2.45. The number of H-pyrrole nitrogens is 1. The molecule has 206 valence electrons. The molecule has 0 saturated carbocycles. The number of alkyl halides is 3. The molecule has 1 amide bonds. The topological polar surface area (TPSA) is 127 Å². The third-order valence-electron chi connectivity index (χ3n) is 6.88. The van der Waals surface area contributed by atoms with Crippen LogP contribution < -0.4 is 15.8 Å². The van der Waals surface area contributed by atoms with Gasteiger partial charge < -0.3 is 24.6 Å². The fraction of sp³-hybridized carbons (Fsp3) is 0.583. The molecule has 2 fully saturated rings. The Balaban J connectivity index is 1.08. The van der Waals surface area contributed by atoms with Crippen molar-refractivity contribution in [1.29, 1.82) is 5.26 Å². The number of ether oxygens (including phenoxy) is 2. The molecule has 0 radical (unpaired) electrons. The fourth-order valence-electron chi connectivity index (χ4n) is 4.59. The number of piperazine rings is 1. The smallest absolute Gasteiger partial charge is 0.379 e. The van der Waals surface area contributed by atoms with Crippen molar-refractivity contribution >= 4 is 11.6 Å². The Morgan fingerprint density at radius 3 is 2.61 bits per heavy atom. The molecule has 4 heterocycles. The molecule has 38 heavy (non-hydrogen) atoms. The number of allylic oxidation sites excluding steroid dienone is 2. The highest BCUT2D eigenvalue weighted by molar-refractivity contribution is 5.76. The molecule has 2 N–H and O–H groups in total. The summed E-state index contributed by atoms with van der Waals surface area (Å²) in [5, 5.41) is 17.5. The Bertz CT molecular complexity index is 1160. The largest absolute Gasteiger partial charge is 0.423 e. The van der Waals surface area contributed by atoms with Crippen LogP contribution in [0.3, 0.4) is 0 Å². The van der Waals surface area contributed by atoms with Crippen LogP contribution in [0.25, 0.3) is 0 Å². The van der Waals surface area contributed by atoms with Crippen LogP contribution in [-0.2, 0) is 20.4 Å². The highest BCUT2D eigenvalue weighted by atomic mass is 19.4. The van der Waals surface area contributed by atoms with Gasteiger partial charge in [0.2, 0.25) is 5.91 Å². The third-order valence-corrected chi connectivity index (χ3v) is 6.88. The monoisotopic (exact) mass is 537 g/mol. The minimum absolute atomic E-state index is 0.0103. The van der Waals surface area contributed by atoms with E-state index in [0.717, 1.165) is 6.20 Å². The van der Waals surface area contributed by atoms with Gasteiger partial charge in [-0.05, 0) is 19.1 Å². The van der Waals surface area contributed by atoms with E-state index in [2.05, 4.69) is 21.4 Å². The number of halogens is 3. The molecule has 0 spiro atoms. The van der Waals surface area contributed by atoms with Crippen molar-refractivity contribution in [3.63, 3.8) is 0 Å². The number of nitrogens with one attached hydrogen (secondary N) is 2. The summed E-state index contributed by atoms with van der Waals surface area (Å²) in [5.74, 6) is 0.0103. The Kier molecular flexibility index (Phi) is 8.39. The predicted molar refractivity (Wildman–Crippen MR) is 130 cm³/mol. The van der Waals surface area contributed by atoms with Crippen LogP contribution in [0.1, 0.15) is 18.9 Å². The van der Waals surface area contributed by atoms with Crippen molar-refractivity contribution in [2.75, 3.05) is 64.0 Å². The molecular formula is C24H30F3N7O4. The van der Waals surface area contributed by atoms with Gasteiger partial charge in [-0.1, -0.05) is 0 Å². The number of anilines is 1. The van der Waals surface area contributed by atoms with Gasteiger partial charge in [0.15, 0.2) is 0 Å². The molecule has 3 aliphatic heterocycles. The zero-order chi connectivity index (χ0) is 27.3. The Labute approximate surface area is 217 Å². The number of dihydropyridines is 1. The van der Waals surface area contributed by atoms with Gasteiger partial charge in [0.25, 0.3) is 5.56 Å². The Morgan fingerprint density at radius 1 is 1.24 bits per heavy atom. The van der Waals surface area contributed by atoms with Crippen LogP contribution in [0, 0.1) is 11.3 Å². The van der Waals surface area contributed by atoms with E-state index in [9.17, 15) is 22.8 Å². The SMILES string of the molecule is CC1(N2CCN(C(=O)CCOCCOC3CN(c4cn[nH]c(=O)c4C(F)(F)F)C3)CC2)C=CC(C#N)=CN1. The first-order chi connectivity index (χ1) is 18.1. The van der Waals surface area contributed by atoms with E-state index in [1.54, 1.807) is 12.3 Å². The van der Waals surface area contributed by atoms with E-state index in [-0.39, 0.29) is 57.0 Å². The van der Waals surface area contributed by atoms with Crippen molar-refractivity contribution in [3.8, 4) is 6.07 Å². The first-order valence-corrected chi connectivity index (χ1v) is 12.3. The standard InChI is InChI=1S/C24H30F3N7O4/c1-23(4-2-17(12-28)13-29-23)34-7-5-32(6-8-34)20(35)3-9-37-10-11-38-18-15-33(16-18)19-14-30-31-22(36)21(19)24(25,26)27/h2,4,13-14,18,29H,3,5-11,15-16H2,1H3,(H,31,36). The summed E-state index contributed by atoms with van der Waals surface area (Å²) in [5.41, 5.74) is -2.62. The predicted octanol–water partition coefficient (Wildman–Crippen LogP) is 0.828. The van der Waals surface area contributed by atoms with Crippen LogP contribution in [0.4, 0.5) is 18.9 Å². The van der Waals surface area contributed by atoms with Gasteiger partial charge in [0.05, 0.1) is 49.8 Å². The van der Waals surface area contributed by atoms with E-state index in [1.807, 2.05) is 23.0 Å². The van der Waals surface area contributed by atoms with E-state index in [0.29, 0.717) is 31.8 Å². The second-order valence-electron chi connectivity index (χ2n) is 9.42. The molecule has 4 rings (SSSR count). The molecule has 0 aromatic carbocycles. The number of rotatable bonds is 9. The summed E-state index contributed by atoms with van der Waals surface area (Å²) in [6, 6.07) is 2.10. The summed E-state index contributed by atoms with van der Waals surface area (Å²) in [7, 11) is 0. The molecular weight excluding hydrogens is 507 g/mol. The molecule has 14 heteroatoms. The summed E-state index contributed by atoms with van der Waals surface area (Å²) < 4.78 is 50.7. The highest BCUT2D eigenvalue weighted by Crippen LogP contribution is 2.35. The maximum atomic E-state index is 13.2. The van der Waals surface area contributed by atoms with Crippen LogP contribution in [-0.4, -0.2) is 96.8 Å². The molecule has 11 nitrogen and oxygen atoms in total. The second kappa shape index (κ2) is 11.5. The maximum absolute atomic E-state index is 13.2. The first kappa shape index (κ1) is 27.6. The molecule has 0 bridgehead atoms. The Morgan fingerprint density at radius 2 is 1.97 bits per heavy atom. The van der Waals surface area contributed by atoms with Crippen molar-refractivity contribution in [3.05, 3.63) is 46.0 Å². The van der Waals surface area contributed by atoms with E-state index >= 15 is 0 Å². The Hall–Kier alpha value is -3.41. The lowest BCUT2D eigenvalue weighted by Crippen LogP contribution is -2.61. The van der Waals surface area contributed by atoms with Crippen molar-refractivity contribution in [1.82, 2.24) is 25.3 Å². The molecule has 1 atom stereocenters. The number of hydrogen-bond acceptors (Lipinski definition) is 9. The van der Waals surface area contributed by atoms with Gasteiger partial charge in [0.1, 0.15) is 17.3 Å².